The standard InChI is InChI=1S/C17H17FN6O/c1-11-6-12(4-5-13(11)18)22-17(25)14-8-24(10-21-14)16-7-15(23(2)3)19-9-20-16/h4-10H,1-3H3,(H,22,25). The lowest BCUT2D eigenvalue weighted by atomic mass is 10.2. The Bertz CT molecular complexity index is 921. The second-order valence-corrected chi connectivity index (χ2v) is 5.71. The van der Waals surface area contributed by atoms with Crippen LogP contribution in [-0.2, 0) is 0 Å². The van der Waals surface area contributed by atoms with E-state index in [0.29, 0.717) is 17.1 Å². The third kappa shape index (κ3) is 3.63. The molecule has 0 saturated carbocycles. The molecule has 0 radical (unpaired) electrons. The average molecular weight is 340 g/mol. The van der Waals surface area contributed by atoms with E-state index in [4.69, 9.17) is 0 Å². The summed E-state index contributed by atoms with van der Waals surface area (Å²) >= 11 is 0. The first-order valence-corrected chi connectivity index (χ1v) is 7.55. The van der Waals surface area contributed by atoms with E-state index in [1.807, 2.05) is 19.0 Å². The van der Waals surface area contributed by atoms with Crippen LogP contribution >= 0.6 is 0 Å². The minimum atomic E-state index is -0.383. The van der Waals surface area contributed by atoms with Crippen molar-refractivity contribution in [3.63, 3.8) is 0 Å². The molecule has 2 heterocycles. The molecule has 0 atom stereocenters. The first-order valence-electron chi connectivity index (χ1n) is 7.55. The van der Waals surface area contributed by atoms with Crippen molar-refractivity contribution < 1.29 is 9.18 Å². The Morgan fingerprint density at radius 3 is 2.72 bits per heavy atom. The monoisotopic (exact) mass is 340 g/mol. The van der Waals surface area contributed by atoms with Crippen LogP contribution in [0.3, 0.4) is 0 Å². The molecule has 0 fully saturated rings. The van der Waals surface area contributed by atoms with Crippen molar-refractivity contribution in [2.45, 2.75) is 6.92 Å². The van der Waals surface area contributed by atoms with E-state index in [1.54, 1.807) is 29.8 Å². The molecule has 2 aromatic heterocycles. The van der Waals surface area contributed by atoms with Gasteiger partial charge in [0.2, 0.25) is 0 Å². The fourth-order valence-electron chi connectivity index (χ4n) is 2.21. The third-order valence-corrected chi connectivity index (χ3v) is 3.59. The molecule has 0 spiro atoms. The van der Waals surface area contributed by atoms with Crippen molar-refractivity contribution in [1.29, 1.82) is 0 Å². The molecular weight excluding hydrogens is 323 g/mol. The number of anilines is 2. The SMILES string of the molecule is Cc1cc(NC(=O)c2cn(-c3cc(N(C)C)ncn3)cn2)ccc1F. The van der Waals surface area contributed by atoms with Gasteiger partial charge in [0.05, 0.1) is 0 Å². The molecule has 1 aromatic carbocycles. The predicted octanol–water partition coefficient (Wildman–Crippen LogP) is 2.43. The highest BCUT2D eigenvalue weighted by Crippen LogP contribution is 2.15. The van der Waals surface area contributed by atoms with Crippen LogP contribution in [-0.4, -0.2) is 39.5 Å². The number of nitrogens with zero attached hydrogens (tertiary/aromatic N) is 5. The molecule has 8 heteroatoms. The topological polar surface area (TPSA) is 75.9 Å². The highest BCUT2D eigenvalue weighted by molar-refractivity contribution is 6.02. The lowest BCUT2D eigenvalue weighted by Gasteiger charge is -2.11. The van der Waals surface area contributed by atoms with Crippen molar-refractivity contribution in [3.05, 3.63) is 60.2 Å². The highest BCUT2D eigenvalue weighted by atomic mass is 19.1. The summed E-state index contributed by atoms with van der Waals surface area (Å²) in [5, 5.41) is 2.70. The molecule has 3 rings (SSSR count). The number of aryl methyl sites for hydroxylation is 1. The number of aromatic nitrogens is 4. The van der Waals surface area contributed by atoms with Crippen LogP contribution in [0.2, 0.25) is 0 Å². The molecule has 0 aliphatic heterocycles. The Balaban J connectivity index is 1.79. The molecule has 3 aromatic rings. The summed E-state index contributed by atoms with van der Waals surface area (Å²) in [6.45, 7) is 1.64. The van der Waals surface area contributed by atoms with Crippen LogP contribution in [0.15, 0.2) is 43.1 Å². The summed E-state index contributed by atoms with van der Waals surface area (Å²) in [6, 6.07) is 6.17. The fourth-order valence-corrected chi connectivity index (χ4v) is 2.21. The summed E-state index contributed by atoms with van der Waals surface area (Å²) in [6.07, 6.45) is 4.53. The number of carbonyl (C=O) groups excluding carboxylic acids is 1. The van der Waals surface area contributed by atoms with Gasteiger partial charge in [0.25, 0.3) is 5.91 Å². The highest BCUT2D eigenvalue weighted by Gasteiger charge is 2.12. The summed E-state index contributed by atoms with van der Waals surface area (Å²) in [7, 11) is 3.76. The van der Waals surface area contributed by atoms with Crippen molar-refractivity contribution in [2.24, 2.45) is 0 Å². The van der Waals surface area contributed by atoms with Gasteiger partial charge in [-0.25, -0.2) is 19.3 Å². The Labute approximate surface area is 144 Å². The van der Waals surface area contributed by atoms with Gasteiger partial charge < -0.3 is 10.2 Å². The largest absolute Gasteiger partial charge is 0.363 e. The summed E-state index contributed by atoms with van der Waals surface area (Å²) in [5.41, 5.74) is 1.20. The molecule has 0 unspecified atom stereocenters. The van der Waals surface area contributed by atoms with Crippen LogP contribution in [0.5, 0.6) is 0 Å². The van der Waals surface area contributed by atoms with E-state index in [1.165, 1.54) is 24.8 Å². The minimum Gasteiger partial charge on any atom is -0.363 e. The lowest BCUT2D eigenvalue weighted by molar-refractivity contribution is 0.102. The van der Waals surface area contributed by atoms with E-state index in [2.05, 4.69) is 20.3 Å². The molecule has 128 valence electrons. The number of hydrogen-bond donors (Lipinski definition) is 1. The maximum atomic E-state index is 13.3. The zero-order valence-electron chi connectivity index (χ0n) is 14.1. The normalized spacial score (nSPS) is 10.6. The second kappa shape index (κ2) is 6.68. The van der Waals surface area contributed by atoms with Crippen LogP contribution < -0.4 is 10.2 Å². The van der Waals surface area contributed by atoms with Gasteiger partial charge in [0.15, 0.2) is 0 Å². The number of benzene rings is 1. The van der Waals surface area contributed by atoms with Gasteiger partial charge in [-0.05, 0) is 30.7 Å². The average Bonchev–Trinajstić information content (AvgIpc) is 3.08. The number of rotatable bonds is 4. The third-order valence-electron chi connectivity index (χ3n) is 3.59. The van der Waals surface area contributed by atoms with Gasteiger partial charge in [0, 0.05) is 32.0 Å². The number of halogens is 1. The van der Waals surface area contributed by atoms with Crippen LogP contribution in [0, 0.1) is 12.7 Å². The van der Waals surface area contributed by atoms with Gasteiger partial charge in [-0.1, -0.05) is 0 Å². The molecule has 0 saturated heterocycles. The Morgan fingerprint density at radius 2 is 2.00 bits per heavy atom. The maximum absolute atomic E-state index is 13.3. The summed E-state index contributed by atoms with van der Waals surface area (Å²) in [5.74, 6) is 0.642. The predicted molar refractivity (Wildman–Crippen MR) is 92.6 cm³/mol. The number of amides is 1. The van der Waals surface area contributed by atoms with Gasteiger partial charge in [-0.3, -0.25) is 9.36 Å². The zero-order valence-corrected chi connectivity index (χ0v) is 14.1. The molecule has 1 amide bonds. The van der Waals surface area contributed by atoms with Crippen molar-refractivity contribution in [3.8, 4) is 5.82 Å². The lowest BCUT2D eigenvalue weighted by Crippen LogP contribution is -2.13. The van der Waals surface area contributed by atoms with E-state index < -0.39 is 0 Å². The Kier molecular flexibility index (Phi) is 4.42. The van der Waals surface area contributed by atoms with Gasteiger partial charge in [-0.15, -0.1) is 0 Å². The minimum absolute atomic E-state index is 0.229. The molecule has 7 nitrogen and oxygen atoms in total. The van der Waals surface area contributed by atoms with Crippen molar-refractivity contribution >= 4 is 17.4 Å². The van der Waals surface area contributed by atoms with E-state index in [0.717, 1.165) is 5.82 Å². The smallest absolute Gasteiger partial charge is 0.275 e. The molecular formula is C17H17FN6O. The van der Waals surface area contributed by atoms with Crippen LogP contribution in [0.25, 0.3) is 5.82 Å². The number of hydrogen-bond acceptors (Lipinski definition) is 5. The van der Waals surface area contributed by atoms with Gasteiger partial charge in [-0.2, -0.15) is 0 Å². The molecule has 0 aliphatic rings. The molecule has 0 aliphatic carbocycles. The fraction of sp³-hybridized carbons (Fsp3) is 0.176. The molecule has 0 bridgehead atoms. The van der Waals surface area contributed by atoms with Crippen molar-refractivity contribution in [1.82, 2.24) is 19.5 Å². The Morgan fingerprint density at radius 1 is 1.20 bits per heavy atom. The van der Waals surface area contributed by atoms with Gasteiger partial charge >= 0.3 is 0 Å². The number of imidazole rings is 1. The quantitative estimate of drug-likeness (QED) is 0.789. The zero-order chi connectivity index (χ0) is 18.0. The van der Waals surface area contributed by atoms with E-state index >= 15 is 0 Å². The first kappa shape index (κ1) is 16.6. The van der Waals surface area contributed by atoms with Crippen LogP contribution in [0.4, 0.5) is 15.9 Å². The summed E-state index contributed by atoms with van der Waals surface area (Å²) in [4.78, 5) is 26.6. The molecule has 25 heavy (non-hydrogen) atoms. The van der Waals surface area contributed by atoms with E-state index in [9.17, 15) is 9.18 Å². The van der Waals surface area contributed by atoms with Crippen molar-refractivity contribution in [2.75, 3.05) is 24.3 Å². The Hall–Kier alpha value is -3.29. The second-order valence-electron chi connectivity index (χ2n) is 5.71. The first-order chi connectivity index (χ1) is 11.9. The maximum Gasteiger partial charge on any atom is 0.275 e. The molecule has 1 N–H and O–H groups in total. The van der Waals surface area contributed by atoms with E-state index in [-0.39, 0.29) is 17.4 Å². The van der Waals surface area contributed by atoms with Gasteiger partial charge in [0.1, 0.15) is 35.8 Å². The number of nitrogens with one attached hydrogen (secondary N) is 1. The summed E-state index contributed by atoms with van der Waals surface area (Å²) < 4.78 is 14.9. The number of carbonyl (C=O) groups is 1. The van der Waals surface area contributed by atoms with Crippen LogP contribution in [0.1, 0.15) is 16.1 Å².